The average Bonchev–Trinajstić information content (AvgIpc) is 3.29. The van der Waals surface area contributed by atoms with E-state index in [1.165, 1.54) is 12.7 Å². The molecular weight excluding hydrogens is 356 g/mol. The first-order valence-electron chi connectivity index (χ1n) is 10.1. The van der Waals surface area contributed by atoms with Crippen molar-refractivity contribution in [2.45, 2.75) is 32.1 Å². The van der Waals surface area contributed by atoms with Crippen LogP contribution >= 0.6 is 0 Å². The summed E-state index contributed by atoms with van der Waals surface area (Å²) in [7, 11) is 0. The molecule has 2 aliphatic rings. The Morgan fingerprint density at radius 1 is 1.04 bits per heavy atom. The molecule has 3 heterocycles. The van der Waals surface area contributed by atoms with E-state index in [0.29, 0.717) is 31.9 Å². The van der Waals surface area contributed by atoms with Crippen molar-refractivity contribution in [3.8, 4) is 0 Å². The molecule has 1 saturated heterocycles. The molecule has 2 fully saturated rings. The summed E-state index contributed by atoms with van der Waals surface area (Å²) in [6, 6.07) is 7.25. The van der Waals surface area contributed by atoms with Crippen molar-refractivity contribution >= 4 is 23.3 Å². The molecule has 7 nitrogen and oxygen atoms in total. The average molecular weight is 382 g/mol. The van der Waals surface area contributed by atoms with Gasteiger partial charge in [0, 0.05) is 32.1 Å². The fraction of sp³-hybridized carbons (Fsp3) is 0.476. The van der Waals surface area contributed by atoms with Gasteiger partial charge in [0.05, 0.1) is 18.1 Å². The predicted molar refractivity (Wildman–Crippen MR) is 106 cm³/mol. The molecule has 28 heavy (non-hydrogen) atoms. The van der Waals surface area contributed by atoms with E-state index in [-0.39, 0.29) is 17.7 Å². The van der Waals surface area contributed by atoms with Gasteiger partial charge in [-0.1, -0.05) is 19.3 Å². The Balaban J connectivity index is 1.30. The van der Waals surface area contributed by atoms with E-state index >= 15 is 0 Å². The second-order valence-electron chi connectivity index (χ2n) is 7.49. The number of anilines is 2. The van der Waals surface area contributed by atoms with E-state index < -0.39 is 0 Å². The zero-order valence-electron chi connectivity index (χ0n) is 16.0. The maximum atomic E-state index is 12.4. The zero-order valence-corrected chi connectivity index (χ0v) is 16.0. The number of rotatable bonds is 4. The largest absolute Gasteiger partial charge is 0.459 e. The lowest BCUT2D eigenvalue weighted by atomic mass is 9.88. The molecule has 4 rings (SSSR count). The zero-order chi connectivity index (χ0) is 19.3. The number of nitrogens with zero attached hydrogens (tertiary/aromatic N) is 3. The Kier molecular flexibility index (Phi) is 5.60. The first-order valence-corrected chi connectivity index (χ1v) is 10.1. The molecule has 2 aromatic rings. The molecule has 0 aromatic carbocycles. The summed E-state index contributed by atoms with van der Waals surface area (Å²) < 4.78 is 5.20. The van der Waals surface area contributed by atoms with Crippen LogP contribution in [-0.4, -0.2) is 47.9 Å². The maximum Gasteiger partial charge on any atom is 0.289 e. The lowest BCUT2D eigenvalue weighted by Crippen LogP contribution is -2.49. The predicted octanol–water partition coefficient (Wildman–Crippen LogP) is 3.16. The molecule has 0 atom stereocenters. The van der Waals surface area contributed by atoms with Crippen LogP contribution in [0.1, 0.15) is 42.7 Å². The molecule has 0 bridgehead atoms. The Morgan fingerprint density at radius 2 is 1.82 bits per heavy atom. The minimum atomic E-state index is -0.0709. The fourth-order valence-electron chi connectivity index (χ4n) is 3.95. The Bertz CT molecular complexity index is 790. The number of hydrogen-bond donors (Lipinski definition) is 1. The van der Waals surface area contributed by atoms with Crippen LogP contribution in [0.5, 0.6) is 0 Å². The summed E-state index contributed by atoms with van der Waals surface area (Å²) in [6.07, 6.45) is 8.73. The van der Waals surface area contributed by atoms with Crippen LogP contribution in [0.25, 0.3) is 0 Å². The van der Waals surface area contributed by atoms with E-state index in [1.807, 2.05) is 12.1 Å². The topological polar surface area (TPSA) is 78.7 Å². The van der Waals surface area contributed by atoms with Crippen molar-refractivity contribution in [2.75, 3.05) is 36.4 Å². The molecular formula is C21H26N4O3. The van der Waals surface area contributed by atoms with E-state index in [1.54, 1.807) is 23.2 Å². The normalized spacial score (nSPS) is 18.1. The van der Waals surface area contributed by atoms with Crippen molar-refractivity contribution in [3.05, 3.63) is 42.5 Å². The number of carbonyl (C=O) groups is 2. The number of nitrogens with one attached hydrogen (secondary N) is 1. The van der Waals surface area contributed by atoms with Crippen LogP contribution in [0.4, 0.5) is 11.5 Å². The summed E-state index contributed by atoms with van der Waals surface area (Å²) in [6.45, 7) is 2.68. The number of piperazine rings is 1. The molecule has 2 amide bonds. The third kappa shape index (κ3) is 4.18. The number of carbonyl (C=O) groups excluding carboxylic acids is 2. The SMILES string of the molecule is O=C(Nc1ccc(N2CCN(C(=O)c3ccco3)CC2)nc1)C1CCCCC1. The summed E-state index contributed by atoms with van der Waals surface area (Å²) in [5, 5.41) is 3.00. The lowest BCUT2D eigenvalue weighted by molar-refractivity contribution is -0.120. The molecule has 2 aromatic heterocycles. The van der Waals surface area contributed by atoms with Gasteiger partial charge in [0.2, 0.25) is 5.91 Å². The second-order valence-corrected chi connectivity index (χ2v) is 7.49. The number of aromatic nitrogens is 1. The first kappa shape index (κ1) is 18.5. The van der Waals surface area contributed by atoms with Crippen LogP contribution in [0.15, 0.2) is 41.1 Å². The molecule has 0 radical (unpaired) electrons. The minimum Gasteiger partial charge on any atom is -0.459 e. The lowest BCUT2D eigenvalue weighted by Gasteiger charge is -2.35. The van der Waals surface area contributed by atoms with Gasteiger partial charge in [-0.25, -0.2) is 4.98 Å². The maximum absolute atomic E-state index is 12.4. The number of pyridine rings is 1. The Morgan fingerprint density at radius 3 is 2.46 bits per heavy atom. The van der Waals surface area contributed by atoms with Crippen LogP contribution < -0.4 is 10.2 Å². The van der Waals surface area contributed by atoms with Gasteiger partial charge in [-0.2, -0.15) is 0 Å². The van der Waals surface area contributed by atoms with Crippen molar-refractivity contribution in [1.82, 2.24) is 9.88 Å². The molecule has 1 N–H and O–H groups in total. The molecule has 1 aliphatic carbocycles. The van der Waals surface area contributed by atoms with Crippen LogP contribution in [0.3, 0.4) is 0 Å². The fourth-order valence-corrected chi connectivity index (χ4v) is 3.95. The third-order valence-corrected chi connectivity index (χ3v) is 5.61. The summed E-state index contributed by atoms with van der Waals surface area (Å²) in [5.41, 5.74) is 0.742. The highest BCUT2D eigenvalue weighted by Gasteiger charge is 2.24. The van der Waals surface area contributed by atoms with Gasteiger partial charge in [0.15, 0.2) is 5.76 Å². The number of furan rings is 1. The smallest absolute Gasteiger partial charge is 0.289 e. The third-order valence-electron chi connectivity index (χ3n) is 5.61. The number of hydrogen-bond acceptors (Lipinski definition) is 5. The van der Waals surface area contributed by atoms with Gasteiger partial charge >= 0.3 is 0 Å². The molecule has 0 spiro atoms. The van der Waals surface area contributed by atoms with Gasteiger partial charge in [-0.05, 0) is 37.1 Å². The van der Waals surface area contributed by atoms with Gasteiger partial charge in [-0.3, -0.25) is 9.59 Å². The van der Waals surface area contributed by atoms with Crippen molar-refractivity contribution in [1.29, 1.82) is 0 Å². The highest BCUT2D eigenvalue weighted by atomic mass is 16.3. The van der Waals surface area contributed by atoms with E-state index in [0.717, 1.165) is 37.2 Å². The molecule has 0 unspecified atom stereocenters. The summed E-state index contributed by atoms with van der Waals surface area (Å²) in [4.78, 5) is 33.2. The molecule has 7 heteroatoms. The van der Waals surface area contributed by atoms with E-state index in [2.05, 4.69) is 15.2 Å². The quantitative estimate of drug-likeness (QED) is 0.879. The highest BCUT2D eigenvalue weighted by molar-refractivity contribution is 5.92. The minimum absolute atomic E-state index is 0.0709. The monoisotopic (exact) mass is 382 g/mol. The van der Waals surface area contributed by atoms with Crippen molar-refractivity contribution in [3.63, 3.8) is 0 Å². The Labute approximate surface area is 164 Å². The molecule has 1 aliphatic heterocycles. The standard InChI is InChI=1S/C21H26N4O3/c26-20(16-5-2-1-3-6-16)23-17-8-9-19(22-15-17)24-10-12-25(13-11-24)21(27)18-7-4-14-28-18/h4,7-9,14-16H,1-3,5-6,10-13H2,(H,23,26). The Hall–Kier alpha value is -2.83. The van der Waals surface area contributed by atoms with Gasteiger partial charge in [0.1, 0.15) is 5.82 Å². The van der Waals surface area contributed by atoms with Crippen LogP contribution in [-0.2, 0) is 4.79 Å². The van der Waals surface area contributed by atoms with Gasteiger partial charge in [0.25, 0.3) is 5.91 Å². The summed E-state index contributed by atoms with van der Waals surface area (Å²) in [5.74, 6) is 1.41. The second kappa shape index (κ2) is 8.46. The van der Waals surface area contributed by atoms with Crippen LogP contribution in [0, 0.1) is 5.92 Å². The highest BCUT2D eigenvalue weighted by Crippen LogP contribution is 2.25. The van der Waals surface area contributed by atoms with Gasteiger partial charge in [-0.15, -0.1) is 0 Å². The molecule has 148 valence electrons. The van der Waals surface area contributed by atoms with Gasteiger partial charge < -0.3 is 19.5 Å². The van der Waals surface area contributed by atoms with Crippen molar-refractivity contribution in [2.24, 2.45) is 5.92 Å². The first-order chi connectivity index (χ1) is 13.7. The van der Waals surface area contributed by atoms with E-state index in [9.17, 15) is 9.59 Å². The van der Waals surface area contributed by atoms with Crippen molar-refractivity contribution < 1.29 is 14.0 Å². The summed E-state index contributed by atoms with van der Waals surface area (Å²) >= 11 is 0. The van der Waals surface area contributed by atoms with E-state index in [4.69, 9.17) is 4.42 Å². The van der Waals surface area contributed by atoms with Crippen LogP contribution in [0.2, 0.25) is 0 Å². The molecule has 1 saturated carbocycles. The number of amides is 2.